The number of benzene rings is 1. The lowest BCUT2D eigenvalue weighted by Gasteiger charge is -2.15. The first-order chi connectivity index (χ1) is 13.7. The van der Waals surface area contributed by atoms with Gasteiger partial charge in [-0.1, -0.05) is 35.5 Å². The third-order valence-corrected chi connectivity index (χ3v) is 4.14. The van der Waals surface area contributed by atoms with E-state index in [4.69, 9.17) is 4.52 Å². The molecule has 0 aliphatic heterocycles. The lowest BCUT2D eigenvalue weighted by Crippen LogP contribution is -2.47. The average molecular weight is 406 g/mol. The standard InChI is InChI=1S/C19H17F3N4O3/c1-10-15-13(17(28)24-11(2)16(27)23-9-19(20,21)22)8-14(25-18(15)29-26-10)12-6-4-3-5-7-12/h3-8,11H,9H2,1-2H3,(H,23,27)(H,24,28)/t11-/m1/s1. The fraction of sp³-hybridized carbons (Fsp3) is 0.263. The molecule has 0 aliphatic carbocycles. The number of aryl methyl sites for hydroxylation is 1. The highest BCUT2D eigenvalue weighted by Gasteiger charge is 2.29. The summed E-state index contributed by atoms with van der Waals surface area (Å²) in [5.74, 6) is -1.61. The molecule has 29 heavy (non-hydrogen) atoms. The van der Waals surface area contributed by atoms with E-state index >= 15 is 0 Å². The van der Waals surface area contributed by atoms with Gasteiger partial charge in [0.25, 0.3) is 11.6 Å². The molecule has 0 aliphatic rings. The average Bonchev–Trinajstić information content (AvgIpc) is 3.06. The molecular weight excluding hydrogens is 389 g/mol. The molecule has 1 aromatic carbocycles. The molecule has 0 radical (unpaired) electrons. The van der Waals surface area contributed by atoms with Crippen molar-refractivity contribution in [3.05, 3.63) is 47.7 Å². The van der Waals surface area contributed by atoms with Crippen LogP contribution in [0.4, 0.5) is 13.2 Å². The Morgan fingerprint density at radius 1 is 1.21 bits per heavy atom. The molecular formula is C19H17F3N4O3. The lowest BCUT2D eigenvalue weighted by atomic mass is 10.0. The Bertz CT molecular complexity index is 1050. The Morgan fingerprint density at radius 3 is 2.55 bits per heavy atom. The van der Waals surface area contributed by atoms with E-state index in [0.717, 1.165) is 5.56 Å². The van der Waals surface area contributed by atoms with Crippen molar-refractivity contribution >= 4 is 22.9 Å². The van der Waals surface area contributed by atoms with Crippen LogP contribution in [0, 0.1) is 6.92 Å². The second-order valence-electron chi connectivity index (χ2n) is 6.40. The number of rotatable bonds is 5. The van der Waals surface area contributed by atoms with Crippen LogP contribution in [0.5, 0.6) is 0 Å². The van der Waals surface area contributed by atoms with Crippen molar-refractivity contribution in [1.29, 1.82) is 0 Å². The fourth-order valence-corrected chi connectivity index (χ4v) is 2.71. The Balaban J connectivity index is 1.89. The summed E-state index contributed by atoms with van der Waals surface area (Å²) in [6.45, 7) is 1.45. The number of hydrogen-bond donors (Lipinski definition) is 2. The minimum absolute atomic E-state index is 0.142. The van der Waals surface area contributed by atoms with Crippen molar-refractivity contribution in [2.45, 2.75) is 26.1 Å². The topological polar surface area (TPSA) is 97.1 Å². The molecule has 0 bridgehead atoms. The molecule has 0 spiro atoms. The molecule has 0 unspecified atom stereocenters. The summed E-state index contributed by atoms with van der Waals surface area (Å²) in [5, 5.41) is 8.33. The van der Waals surface area contributed by atoms with Gasteiger partial charge >= 0.3 is 6.18 Å². The Kier molecular flexibility index (Phi) is 5.53. The maximum Gasteiger partial charge on any atom is 0.405 e. The molecule has 3 aromatic rings. The highest BCUT2D eigenvalue weighted by molar-refractivity contribution is 6.08. The molecule has 7 nitrogen and oxygen atoms in total. The third kappa shape index (κ3) is 4.71. The zero-order valence-corrected chi connectivity index (χ0v) is 15.5. The van der Waals surface area contributed by atoms with Gasteiger partial charge in [0.15, 0.2) is 0 Å². The second-order valence-corrected chi connectivity index (χ2v) is 6.40. The van der Waals surface area contributed by atoms with Crippen LogP contribution in [0.25, 0.3) is 22.4 Å². The third-order valence-electron chi connectivity index (χ3n) is 4.14. The summed E-state index contributed by atoms with van der Waals surface area (Å²) < 4.78 is 42.0. The SMILES string of the molecule is Cc1noc2nc(-c3ccccc3)cc(C(=O)N[C@H](C)C(=O)NCC(F)(F)F)c12. The first-order valence-electron chi connectivity index (χ1n) is 8.63. The van der Waals surface area contributed by atoms with Crippen LogP contribution in [0.2, 0.25) is 0 Å². The number of fused-ring (bicyclic) bond motifs is 1. The Morgan fingerprint density at radius 2 is 1.90 bits per heavy atom. The van der Waals surface area contributed by atoms with Crippen LogP contribution in [0.1, 0.15) is 23.0 Å². The van der Waals surface area contributed by atoms with E-state index in [0.29, 0.717) is 16.8 Å². The van der Waals surface area contributed by atoms with Gasteiger partial charge in [0.1, 0.15) is 12.6 Å². The minimum Gasteiger partial charge on any atom is -0.345 e. The number of pyridine rings is 1. The summed E-state index contributed by atoms with van der Waals surface area (Å²) >= 11 is 0. The normalized spacial score (nSPS) is 12.6. The quantitative estimate of drug-likeness (QED) is 0.679. The second kappa shape index (κ2) is 7.90. The Labute approximate surface area is 163 Å². The molecule has 2 N–H and O–H groups in total. The maximum absolute atomic E-state index is 12.8. The van der Waals surface area contributed by atoms with E-state index in [1.807, 2.05) is 6.07 Å². The first kappa shape index (κ1) is 20.3. The smallest absolute Gasteiger partial charge is 0.345 e. The van der Waals surface area contributed by atoms with E-state index in [2.05, 4.69) is 15.5 Å². The molecule has 2 amide bonds. The number of halogens is 3. The summed E-state index contributed by atoms with van der Waals surface area (Å²) in [4.78, 5) is 29.0. The highest BCUT2D eigenvalue weighted by Crippen LogP contribution is 2.27. The van der Waals surface area contributed by atoms with Crippen molar-refractivity contribution in [1.82, 2.24) is 20.8 Å². The predicted molar refractivity (Wildman–Crippen MR) is 98.0 cm³/mol. The molecule has 0 fully saturated rings. The van der Waals surface area contributed by atoms with Gasteiger partial charge in [0, 0.05) is 5.56 Å². The van der Waals surface area contributed by atoms with Crippen LogP contribution < -0.4 is 10.6 Å². The minimum atomic E-state index is -4.54. The van der Waals surface area contributed by atoms with Gasteiger partial charge < -0.3 is 15.2 Å². The summed E-state index contributed by atoms with van der Waals surface area (Å²) in [5.41, 5.74) is 1.90. The van der Waals surface area contributed by atoms with Gasteiger partial charge in [-0.2, -0.15) is 13.2 Å². The van der Waals surface area contributed by atoms with Gasteiger partial charge in [-0.25, -0.2) is 4.98 Å². The van der Waals surface area contributed by atoms with E-state index in [1.54, 1.807) is 36.5 Å². The molecule has 0 saturated carbocycles. The van der Waals surface area contributed by atoms with E-state index < -0.39 is 30.6 Å². The number of carbonyl (C=O) groups is 2. The number of amides is 2. The van der Waals surface area contributed by atoms with Crippen molar-refractivity contribution in [2.24, 2.45) is 0 Å². The zero-order chi connectivity index (χ0) is 21.2. The molecule has 0 saturated heterocycles. The van der Waals surface area contributed by atoms with Crippen LogP contribution in [0.15, 0.2) is 40.9 Å². The van der Waals surface area contributed by atoms with Gasteiger partial charge in [-0.3, -0.25) is 9.59 Å². The van der Waals surface area contributed by atoms with Crippen LogP contribution >= 0.6 is 0 Å². The van der Waals surface area contributed by atoms with Crippen molar-refractivity contribution in [3.8, 4) is 11.3 Å². The molecule has 2 heterocycles. The predicted octanol–water partition coefficient (Wildman–Crippen LogP) is 3.00. The van der Waals surface area contributed by atoms with Crippen molar-refractivity contribution in [3.63, 3.8) is 0 Å². The van der Waals surface area contributed by atoms with E-state index in [9.17, 15) is 22.8 Å². The fourth-order valence-electron chi connectivity index (χ4n) is 2.71. The number of alkyl halides is 3. The van der Waals surface area contributed by atoms with E-state index in [-0.39, 0.29) is 11.3 Å². The van der Waals surface area contributed by atoms with Gasteiger partial charge in [-0.15, -0.1) is 0 Å². The highest BCUT2D eigenvalue weighted by atomic mass is 19.4. The van der Waals surface area contributed by atoms with Gasteiger partial charge in [-0.05, 0) is 19.9 Å². The van der Waals surface area contributed by atoms with Crippen molar-refractivity contribution < 1.29 is 27.3 Å². The van der Waals surface area contributed by atoms with Gasteiger partial charge in [0.2, 0.25) is 5.91 Å². The van der Waals surface area contributed by atoms with Gasteiger partial charge in [0.05, 0.1) is 22.3 Å². The maximum atomic E-state index is 12.8. The van der Waals surface area contributed by atoms with Crippen LogP contribution in [0.3, 0.4) is 0 Å². The largest absolute Gasteiger partial charge is 0.405 e. The number of nitrogens with zero attached hydrogens (tertiary/aromatic N) is 2. The number of carbonyl (C=O) groups excluding carboxylic acids is 2. The molecule has 2 aromatic heterocycles. The molecule has 152 valence electrons. The number of aromatic nitrogens is 2. The summed E-state index contributed by atoms with van der Waals surface area (Å²) in [7, 11) is 0. The summed E-state index contributed by atoms with van der Waals surface area (Å²) in [6, 6.07) is 9.37. The monoisotopic (exact) mass is 406 g/mol. The molecule has 10 heteroatoms. The molecule has 1 atom stereocenters. The lowest BCUT2D eigenvalue weighted by molar-refractivity contribution is -0.139. The van der Waals surface area contributed by atoms with Crippen molar-refractivity contribution in [2.75, 3.05) is 6.54 Å². The summed E-state index contributed by atoms with van der Waals surface area (Å²) in [6.07, 6.45) is -4.54. The number of nitrogens with one attached hydrogen (secondary N) is 2. The first-order valence-corrected chi connectivity index (χ1v) is 8.63. The van der Waals surface area contributed by atoms with E-state index in [1.165, 1.54) is 13.0 Å². The van der Waals surface area contributed by atoms with Crippen LogP contribution in [-0.4, -0.2) is 40.7 Å². The Hall–Kier alpha value is -3.43. The van der Waals surface area contributed by atoms with Crippen LogP contribution in [-0.2, 0) is 4.79 Å². The number of hydrogen-bond acceptors (Lipinski definition) is 5. The molecule has 3 rings (SSSR count). The zero-order valence-electron chi connectivity index (χ0n) is 15.5.